The van der Waals surface area contributed by atoms with E-state index in [4.69, 9.17) is 0 Å². The molecule has 2 heterocycles. The van der Waals surface area contributed by atoms with E-state index in [1.54, 1.807) is 23.0 Å². The van der Waals surface area contributed by atoms with Crippen molar-refractivity contribution in [2.75, 3.05) is 43.4 Å². The van der Waals surface area contributed by atoms with E-state index in [1.807, 2.05) is 54.7 Å². The van der Waals surface area contributed by atoms with E-state index in [0.29, 0.717) is 0 Å². The van der Waals surface area contributed by atoms with Crippen LogP contribution in [0.3, 0.4) is 0 Å². The molecule has 1 N–H and O–H groups in total. The van der Waals surface area contributed by atoms with Crippen molar-refractivity contribution in [1.82, 2.24) is 14.7 Å². The second-order valence-electron chi connectivity index (χ2n) is 7.18. The van der Waals surface area contributed by atoms with E-state index in [2.05, 4.69) is 33.3 Å². The lowest BCUT2D eigenvalue weighted by atomic mass is 10.2. The summed E-state index contributed by atoms with van der Waals surface area (Å²) in [5.41, 5.74) is 3.76. The standard InChI is InChI=1S/C23H25N5O/c1-26-13-15-27(16-14-26)22-10-6-5-9-21(22)25-23(29)12-11-19-17-24-28(18-19)20-7-3-2-4-8-20/h2-12,17-18H,13-16H2,1H3,(H,25,29)/b12-11+. The zero-order chi connectivity index (χ0) is 20.1. The van der Waals surface area contributed by atoms with Crippen LogP contribution in [-0.4, -0.2) is 53.8 Å². The lowest BCUT2D eigenvalue weighted by Gasteiger charge is -2.35. The van der Waals surface area contributed by atoms with Gasteiger partial charge in [0, 0.05) is 44.0 Å². The average molecular weight is 387 g/mol. The maximum absolute atomic E-state index is 12.5. The highest BCUT2D eigenvalue weighted by molar-refractivity contribution is 6.03. The summed E-state index contributed by atoms with van der Waals surface area (Å²) in [7, 11) is 2.13. The molecule has 0 saturated carbocycles. The van der Waals surface area contributed by atoms with Gasteiger partial charge in [0.1, 0.15) is 0 Å². The van der Waals surface area contributed by atoms with E-state index in [0.717, 1.165) is 48.8 Å². The summed E-state index contributed by atoms with van der Waals surface area (Å²) in [6.45, 7) is 3.96. The van der Waals surface area contributed by atoms with Gasteiger partial charge in [-0.15, -0.1) is 0 Å². The number of hydrogen-bond acceptors (Lipinski definition) is 4. The number of piperazine rings is 1. The van der Waals surface area contributed by atoms with Crippen molar-refractivity contribution in [1.29, 1.82) is 0 Å². The van der Waals surface area contributed by atoms with E-state index < -0.39 is 0 Å². The number of carbonyl (C=O) groups excluding carboxylic acids is 1. The lowest BCUT2D eigenvalue weighted by molar-refractivity contribution is -0.111. The quantitative estimate of drug-likeness (QED) is 0.683. The Labute approximate surface area is 171 Å². The van der Waals surface area contributed by atoms with Gasteiger partial charge in [-0.2, -0.15) is 5.10 Å². The van der Waals surface area contributed by atoms with E-state index in [1.165, 1.54) is 0 Å². The Balaban J connectivity index is 1.42. The van der Waals surface area contributed by atoms with Crippen molar-refractivity contribution in [2.45, 2.75) is 0 Å². The third kappa shape index (κ3) is 4.73. The number of hydrogen-bond donors (Lipinski definition) is 1. The van der Waals surface area contributed by atoms with Crippen molar-refractivity contribution in [3.63, 3.8) is 0 Å². The number of likely N-dealkylation sites (N-methyl/N-ethyl adjacent to an activating group) is 1. The molecule has 148 valence electrons. The third-order valence-corrected chi connectivity index (χ3v) is 5.06. The van der Waals surface area contributed by atoms with Gasteiger partial charge in [-0.1, -0.05) is 30.3 Å². The second kappa shape index (κ2) is 8.75. The van der Waals surface area contributed by atoms with Crippen molar-refractivity contribution in [3.05, 3.63) is 78.6 Å². The van der Waals surface area contributed by atoms with Crippen LogP contribution >= 0.6 is 0 Å². The first-order valence-electron chi connectivity index (χ1n) is 9.81. The predicted octanol–water partition coefficient (Wildman–Crippen LogP) is 3.28. The minimum absolute atomic E-state index is 0.154. The van der Waals surface area contributed by atoms with Gasteiger partial charge in [0.15, 0.2) is 0 Å². The minimum Gasteiger partial charge on any atom is -0.367 e. The van der Waals surface area contributed by atoms with Gasteiger partial charge in [-0.3, -0.25) is 4.79 Å². The molecule has 1 amide bonds. The molecule has 1 fully saturated rings. The molecule has 6 nitrogen and oxygen atoms in total. The number of nitrogens with zero attached hydrogens (tertiary/aromatic N) is 4. The van der Waals surface area contributed by atoms with Crippen LogP contribution in [0.1, 0.15) is 5.56 Å². The summed E-state index contributed by atoms with van der Waals surface area (Å²) in [5, 5.41) is 7.37. The maximum Gasteiger partial charge on any atom is 0.248 e. The predicted molar refractivity (Wildman–Crippen MR) is 117 cm³/mol. The molecule has 0 atom stereocenters. The van der Waals surface area contributed by atoms with Crippen LogP contribution in [0.4, 0.5) is 11.4 Å². The monoisotopic (exact) mass is 387 g/mol. The van der Waals surface area contributed by atoms with Crippen LogP contribution in [-0.2, 0) is 4.79 Å². The molecule has 0 unspecified atom stereocenters. The summed E-state index contributed by atoms with van der Waals surface area (Å²) in [4.78, 5) is 17.1. The van der Waals surface area contributed by atoms with Gasteiger partial charge in [0.25, 0.3) is 0 Å². The fourth-order valence-corrected chi connectivity index (χ4v) is 3.39. The summed E-state index contributed by atoms with van der Waals surface area (Å²) in [6.07, 6.45) is 6.97. The van der Waals surface area contributed by atoms with Crippen molar-refractivity contribution >= 4 is 23.4 Å². The van der Waals surface area contributed by atoms with Crippen LogP contribution in [0, 0.1) is 0 Å². The number of nitrogens with one attached hydrogen (secondary N) is 1. The summed E-state index contributed by atoms with van der Waals surface area (Å²) >= 11 is 0. The van der Waals surface area contributed by atoms with Gasteiger partial charge >= 0.3 is 0 Å². The number of para-hydroxylation sites is 3. The largest absolute Gasteiger partial charge is 0.367 e. The molecule has 0 bridgehead atoms. The molecule has 1 aromatic heterocycles. The molecule has 1 aliphatic rings. The number of carbonyl (C=O) groups is 1. The second-order valence-corrected chi connectivity index (χ2v) is 7.18. The van der Waals surface area contributed by atoms with E-state index in [-0.39, 0.29) is 5.91 Å². The SMILES string of the molecule is CN1CCN(c2ccccc2NC(=O)/C=C/c2cnn(-c3ccccc3)c2)CC1. The van der Waals surface area contributed by atoms with Gasteiger partial charge in [-0.25, -0.2) is 4.68 Å². The zero-order valence-electron chi connectivity index (χ0n) is 16.5. The average Bonchev–Trinajstić information content (AvgIpc) is 3.23. The molecule has 0 aliphatic carbocycles. The van der Waals surface area contributed by atoms with Gasteiger partial charge in [0.2, 0.25) is 5.91 Å². The minimum atomic E-state index is -0.154. The van der Waals surface area contributed by atoms with E-state index >= 15 is 0 Å². The Bertz CT molecular complexity index is 987. The topological polar surface area (TPSA) is 53.4 Å². The van der Waals surface area contributed by atoms with E-state index in [9.17, 15) is 4.79 Å². The highest BCUT2D eigenvalue weighted by Gasteiger charge is 2.17. The summed E-state index contributed by atoms with van der Waals surface area (Å²) < 4.78 is 1.79. The fraction of sp³-hybridized carbons (Fsp3) is 0.217. The Morgan fingerprint density at radius 1 is 1.00 bits per heavy atom. The van der Waals surface area contributed by atoms with Crippen LogP contribution in [0.5, 0.6) is 0 Å². The normalized spacial score (nSPS) is 15.0. The molecule has 6 heteroatoms. The van der Waals surface area contributed by atoms with Crippen molar-refractivity contribution in [2.24, 2.45) is 0 Å². The zero-order valence-corrected chi connectivity index (χ0v) is 16.5. The summed E-state index contributed by atoms with van der Waals surface area (Å²) in [6, 6.07) is 17.9. The number of aromatic nitrogens is 2. The highest BCUT2D eigenvalue weighted by Crippen LogP contribution is 2.26. The first-order chi connectivity index (χ1) is 14.2. The first kappa shape index (κ1) is 19.0. The Hall–Kier alpha value is -3.38. The van der Waals surface area contributed by atoms with Crippen LogP contribution in [0.2, 0.25) is 0 Å². The van der Waals surface area contributed by atoms with Gasteiger partial charge < -0.3 is 15.1 Å². The van der Waals surface area contributed by atoms with Gasteiger partial charge in [-0.05, 0) is 37.4 Å². The van der Waals surface area contributed by atoms with Crippen molar-refractivity contribution in [3.8, 4) is 5.69 Å². The molecule has 4 rings (SSSR count). The fourth-order valence-electron chi connectivity index (χ4n) is 3.39. The molecule has 1 saturated heterocycles. The van der Waals surface area contributed by atoms with Crippen molar-refractivity contribution < 1.29 is 4.79 Å². The molecule has 2 aromatic carbocycles. The molecule has 0 spiro atoms. The number of rotatable bonds is 5. The van der Waals surface area contributed by atoms with Crippen LogP contribution < -0.4 is 10.2 Å². The Morgan fingerprint density at radius 2 is 1.72 bits per heavy atom. The molecule has 3 aromatic rings. The number of amides is 1. The summed E-state index contributed by atoms with van der Waals surface area (Å²) in [5.74, 6) is -0.154. The maximum atomic E-state index is 12.5. The van der Waals surface area contributed by atoms with Crippen LogP contribution in [0.25, 0.3) is 11.8 Å². The number of benzene rings is 2. The molecule has 0 radical (unpaired) electrons. The molecular weight excluding hydrogens is 362 g/mol. The smallest absolute Gasteiger partial charge is 0.248 e. The highest BCUT2D eigenvalue weighted by atomic mass is 16.1. The lowest BCUT2D eigenvalue weighted by Crippen LogP contribution is -2.44. The molecule has 29 heavy (non-hydrogen) atoms. The Morgan fingerprint density at radius 3 is 2.52 bits per heavy atom. The molecular formula is C23H25N5O. The van der Waals surface area contributed by atoms with Gasteiger partial charge in [0.05, 0.1) is 23.3 Å². The van der Waals surface area contributed by atoms with Crippen LogP contribution in [0.15, 0.2) is 73.1 Å². The molecule has 1 aliphatic heterocycles. The number of anilines is 2. The third-order valence-electron chi connectivity index (χ3n) is 5.06. The Kier molecular flexibility index (Phi) is 5.72. The first-order valence-corrected chi connectivity index (χ1v) is 9.81.